The van der Waals surface area contributed by atoms with Crippen molar-refractivity contribution in [1.82, 2.24) is 0 Å². The number of rotatable bonds is 1. The summed E-state index contributed by atoms with van der Waals surface area (Å²) < 4.78 is 0. The third kappa shape index (κ3) is 2.18. The second-order valence-electron chi connectivity index (χ2n) is 10.1. The molecule has 2 aliphatic rings. The molecular weight excluding hydrogens is 433 g/mol. The minimum absolute atomic E-state index is 0.277. The van der Waals surface area contributed by atoms with Gasteiger partial charge in [-0.25, -0.2) is 0 Å². The third-order valence-electron chi connectivity index (χ3n) is 8.41. The van der Waals surface area contributed by atoms with Crippen LogP contribution in [0.25, 0.3) is 43.4 Å². The van der Waals surface area contributed by atoms with Gasteiger partial charge in [0.1, 0.15) is 0 Å². The lowest BCUT2D eigenvalue weighted by atomic mass is 9.37. The van der Waals surface area contributed by atoms with Crippen molar-refractivity contribution in [3.63, 3.8) is 0 Å². The van der Waals surface area contributed by atoms with E-state index in [1.54, 1.807) is 0 Å². The molecule has 2 heteroatoms. The van der Waals surface area contributed by atoms with E-state index in [9.17, 15) is 0 Å². The van der Waals surface area contributed by atoms with Gasteiger partial charge >= 0.3 is 0 Å². The molecule has 164 valence electrons. The molecule has 0 radical (unpaired) electrons. The van der Waals surface area contributed by atoms with Gasteiger partial charge in [0.25, 0.3) is 0 Å². The smallest absolute Gasteiger partial charge is 0.248 e. The summed E-state index contributed by atoms with van der Waals surface area (Å²) in [4.78, 5) is 2.52. The minimum atomic E-state index is 0.277. The van der Waals surface area contributed by atoms with Gasteiger partial charge in [-0.05, 0) is 67.2 Å². The van der Waals surface area contributed by atoms with E-state index in [2.05, 4.69) is 126 Å². The van der Waals surface area contributed by atoms with Crippen LogP contribution in [-0.4, -0.2) is 6.71 Å². The Hall–Kier alpha value is -4.56. The zero-order valence-electron chi connectivity index (χ0n) is 19.6. The van der Waals surface area contributed by atoms with Crippen LogP contribution in [0.1, 0.15) is 0 Å². The number of hydrogen-bond donors (Lipinski definition) is 0. The Morgan fingerprint density at radius 3 is 1.94 bits per heavy atom. The summed E-state index contributed by atoms with van der Waals surface area (Å²) in [5.74, 6) is 0. The summed E-state index contributed by atoms with van der Waals surface area (Å²) in [7, 11) is 0. The quantitative estimate of drug-likeness (QED) is 0.194. The zero-order chi connectivity index (χ0) is 23.4. The lowest BCUT2D eigenvalue weighted by Gasteiger charge is -2.36. The maximum atomic E-state index is 2.52. The first-order valence-electron chi connectivity index (χ1n) is 12.7. The zero-order valence-corrected chi connectivity index (χ0v) is 19.6. The minimum Gasteiger partial charge on any atom is -0.311 e. The second kappa shape index (κ2) is 6.56. The molecular formula is C34H20BN. The SMILES string of the molecule is c1ccc2c(c1)B1c3ccccc3N(c3ccc4ccc5cccc6ccc3c4c56)c3cccc-2c31. The summed E-state index contributed by atoms with van der Waals surface area (Å²) in [6.07, 6.45) is 0. The predicted molar refractivity (Wildman–Crippen MR) is 155 cm³/mol. The largest absolute Gasteiger partial charge is 0.311 e. The van der Waals surface area contributed by atoms with Crippen LogP contribution < -0.4 is 21.3 Å². The molecule has 36 heavy (non-hydrogen) atoms. The van der Waals surface area contributed by atoms with E-state index in [0.717, 1.165) is 0 Å². The number of anilines is 3. The summed E-state index contributed by atoms with van der Waals surface area (Å²) >= 11 is 0. The van der Waals surface area contributed by atoms with E-state index in [1.807, 2.05) is 0 Å². The lowest BCUT2D eigenvalue weighted by molar-refractivity contribution is 1.31. The number of hydrogen-bond acceptors (Lipinski definition) is 1. The van der Waals surface area contributed by atoms with Gasteiger partial charge < -0.3 is 4.90 Å². The molecule has 1 nitrogen and oxygen atoms in total. The maximum absolute atomic E-state index is 2.52. The van der Waals surface area contributed by atoms with Crippen LogP contribution in [-0.2, 0) is 0 Å². The van der Waals surface area contributed by atoms with E-state index in [1.165, 1.54) is 76.9 Å². The Morgan fingerprint density at radius 1 is 0.417 bits per heavy atom. The standard InChI is InChI=1S/C34H20BN/c1-2-11-27-24(9-1)25-10-6-14-31-34(25)35(27)28-12-3-4-13-30(28)36(31)29-20-18-23-16-15-21-7-5-8-22-17-19-26(29)33(23)32(21)22/h1-20H. The van der Waals surface area contributed by atoms with E-state index in [-0.39, 0.29) is 6.71 Å². The normalized spacial score (nSPS) is 13.4. The summed E-state index contributed by atoms with van der Waals surface area (Å²) in [5, 5.41) is 7.93. The van der Waals surface area contributed by atoms with Crippen molar-refractivity contribution in [1.29, 1.82) is 0 Å². The van der Waals surface area contributed by atoms with Gasteiger partial charge in [-0.15, -0.1) is 0 Å². The van der Waals surface area contributed by atoms with Crippen LogP contribution in [0.15, 0.2) is 121 Å². The number of fused-ring (bicyclic) bond motifs is 5. The second-order valence-corrected chi connectivity index (χ2v) is 10.1. The third-order valence-corrected chi connectivity index (χ3v) is 8.41. The van der Waals surface area contributed by atoms with E-state index in [4.69, 9.17) is 0 Å². The topological polar surface area (TPSA) is 3.24 Å². The Balaban J connectivity index is 1.42. The van der Waals surface area contributed by atoms with Gasteiger partial charge in [0.2, 0.25) is 6.71 Å². The molecule has 2 aliphatic heterocycles. The Kier molecular flexibility index (Phi) is 3.41. The number of nitrogens with zero attached hydrogens (tertiary/aromatic N) is 1. The van der Waals surface area contributed by atoms with Crippen molar-refractivity contribution in [2.45, 2.75) is 0 Å². The molecule has 2 heterocycles. The lowest BCUT2D eigenvalue weighted by Crippen LogP contribution is -2.54. The molecule has 0 unspecified atom stereocenters. The van der Waals surface area contributed by atoms with Crippen molar-refractivity contribution in [2.75, 3.05) is 4.90 Å². The van der Waals surface area contributed by atoms with Crippen LogP contribution in [0, 0.1) is 0 Å². The molecule has 0 amide bonds. The van der Waals surface area contributed by atoms with E-state index in [0.29, 0.717) is 0 Å². The van der Waals surface area contributed by atoms with E-state index < -0.39 is 0 Å². The highest BCUT2D eigenvalue weighted by Crippen LogP contribution is 2.45. The first-order chi connectivity index (χ1) is 17.9. The van der Waals surface area contributed by atoms with Crippen molar-refractivity contribution in [2.24, 2.45) is 0 Å². The Bertz CT molecular complexity index is 2010. The highest BCUT2D eigenvalue weighted by atomic mass is 15.2. The highest BCUT2D eigenvalue weighted by Gasteiger charge is 2.42. The average Bonchev–Trinajstić information content (AvgIpc) is 3.28. The number of benzene rings is 7. The predicted octanol–water partition coefficient (Wildman–Crippen LogP) is 6.86. The molecule has 0 saturated carbocycles. The maximum Gasteiger partial charge on any atom is 0.248 e. The molecule has 7 aromatic carbocycles. The molecule has 0 spiro atoms. The molecule has 0 atom stereocenters. The summed E-state index contributed by atoms with van der Waals surface area (Å²) in [6.45, 7) is 0.277. The van der Waals surface area contributed by atoms with Crippen molar-refractivity contribution in [3.05, 3.63) is 121 Å². The molecule has 0 aromatic heterocycles. The van der Waals surface area contributed by atoms with Crippen LogP contribution >= 0.6 is 0 Å². The van der Waals surface area contributed by atoms with Gasteiger partial charge in [0.05, 0.1) is 5.69 Å². The van der Waals surface area contributed by atoms with Gasteiger partial charge in [-0.1, -0.05) is 109 Å². The Morgan fingerprint density at radius 2 is 1.06 bits per heavy atom. The summed E-state index contributed by atoms with van der Waals surface area (Å²) in [6, 6.07) is 45.2. The van der Waals surface area contributed by atoms with Gasteiger partial charge in [0, 0.05) is 16.8 Å². The molecule has 0 saturated heterocycles. The van der Waals surface area contributed by atoms with Crippen molar-refractivity contribution < 1.29 is 0 Å². The van der Waals surface area contributed by atoms with Crippen molar-refractivity contribution in [3.8, 4) is 11.1 Å². The van der Waals surface area contributed by atoms with Crippen LogP contribution in [0.4, 0.5) is 17.1 Å². The highest BCUT2D eigenvalue weighted by molar-refractivity contribution is 7.01. The van der Waals surface area contributed by atoms with Gasteiger partial charge in [-0.3, -0.25) is 0 Å². The fraction of sp³-hybridized carbons (Fsp3) is 0. The van der Waals surface area contributed by atoms with Gasteiger partial charge in [0.15, 0.2) is 0 Å². The van der Waals surface area contributed by atoms with E-state index >= 15 is 0 Å². The van der Waals surface area contributed by atoms with Crippen LogP contribution in [0.3, 0.4) is 0 Å². The monoisotopic (exact) mass is 453 g/mol. The summed E-state index contributed by atoms with van der Waals surface area (Å²) in [5.41, 5.74) is 10.8. The molecule has 9 rings (SSSR count). The molecule has 0 N–H and O–H groups in total. The fourth-order valence-corrected chi connectivity index (χ4v) is 7.00. The van der Waals surface area contributed by atoms with Gasteiger partial charge in [-0.2, -0.15) is 0 Å². The first-order valence-corrected chi connectivity index (χ1v) is 12.7. The molecule has 0 fully saturated rings. The fourth-order valence-electron chi connectivity index (χ4n) is 7.00. The first kappa shape index (κ1) is 18.7. The van der Waals surface area contributed by atoms with Crippen LogP contribution in [0.2, 0.25) is 0 Å². The molecule has 7 aromatic rings. The Labute approximate surface area is 209 Å². The molecule has 0 bridgehead atoms. The molecule has 0 aliphatic carbocycles. The van der Waals surface area contributed by atoms with Crippen molar-refractivity contribution >= 4 is 72.5 Å². The van der Waals surface area contributed by atoms with Crippen LogP contribution in [0.5, 0.6) is 0 Å². The number of para-hydroxylation sites is 1. The average molecular weight is 453 g/mol.